The number of benzene rings is 1. The van der Waals surface area contributed by atoms with Crippen LogP contribution in [0.4, 0.5) is 0 Å². The predicted molar refractivity (Wildman–Crippen MR) is 103 cm³/mol. The van der Waals surface area contributed by atoms with Crippen LogP contribution in [-0.2, 0) is 19.5 Å². The summed E-state index contributed by atoms with van der Waals surface area (Å²) in [5.74, 6) is 0.912. The normalized spacial score (nSPS) is 13.8. The van der Waals surface area contributed by atoms with Gasteiger partial charge in [0.1, 0.15) is 11.4 Å². The summed E-state index contributed by atoms with van der Waals surface area (Å²) < 4.78 is 6.91. The van der Waals surface area contributed by atoms with Crippen LogP contribution < -0.4 is 10.9 Å². The molecule has 0 fully saturated rings. The number of nitrogens with zero attached hydrogens (tertiary/aromatic N) is 4. The van der Waals surface area contributed by atoms with Crippen molar-refractivity contribution in [2.75, 3.05) is 6.54 Å². The smallest absolute Gasteiger partial charge is 0.262 e. The molecule has 1 aromatic carbocycles. The second-order valence-corrected chi connectivity index (χ2v) is 7.75. The number of hydrogen-bond donors (Lipinski definition) is 1. The van der Waals surface area contributed by atoms with Crippen molar-refractivity contribution in [3.63, 3.8) is 0 Å². The number of aromatic nitrogens is 4. The first kappa shape index (κ1) is 16.3. The van der Waals surface area contributed by atoms with E-state index in [2.05, 4.69) is 20.4 Å². The van der Waals surface area contributed by atoms with E-state index in [-0.39, 0.29) is 12.1 Å². The Bertz CT molecular complexity index is 1210. The minimum absolute atomic E-state index is 0.0466. The molecule has 0 unspecified atom stereocenters. The van der Waals surface area contributed by atoms with Gasteiger partial charge in [-0.1, -0.05) is 28.9 Å². The molecule has 3 aromatic heterocycles. The van der Waals surface area contributed by atoms with Crippen LogP contribution in [0.15, 0.2) is 39.9 Å². The summed E-state index contributed by atoms with van der Waals surface area (Å²) in [7, 11) is 0. The van der Waals surface area contributed by atoms with Gasteiger partial charge in [-0.25, -0.2) is 4.98 Å². The minimum atomic E-state index is -0.0466. The number of thiophene rings is 1. The molecule has 1 aliphatic heterocycles. The molecular formula is C19H17N5O2S. The molecule has 0 amide bonds. The van der Waals surface area contributed by atoms with Gasteiger partial charge in [0.15, 0.2) is 0 Å². The molecule has 0 aliphatic carbocycles. The summed E-state index contributed by atoms with van der Waals surface area (Å²) in [6.07, 6.45) is 2.42. The van der Waals surface area contributed by atoms with Crippen LogP contribution in [0.3, 0.4) is 0 Å². The average Bonchev–Trinajstić information content (AvgIpc) is 3.29. The third-order valence-corrected chi connectivity index (χ3v) is 5.89. The van der Waals surface area contributed by atoms with E-state index < -0.39 is 0 Å². The summed E-state index contributed by atoms with van der Waals surface area (Å²) >= 11 is 1.59. The summed E-state index contributed by atoms with van der Waals surface area (Å²) in [6.45, 7) is 3.92. The highest BCUT2D eigenvalue weighted by Crippen LogP contribution is 2.29. The first-order valence-electron chi connectivity index (χ1n) is 8.79. The Morgan fingerprint density at radius 3 is 3.19 bits per heavy atom. The molecule has 0 radical (unpaired) electrons. The van der Waals surface area contributed by atoms with Crippen LogP contribution in [0.1, 0.15) is 21.9 Å². The molecule has 0 atom stereocenters. The maximum atomic E-state index is 13.0. The monoisotopic (exact) mass is 379 g/mol. The number of rotatable bonds is 3. The Labute approximate surface area is 158 Å². The molecule has 4 aromatic rings. The van der Waals surface area contributed by atoms with Gasteiger partial charge in [-0.2, -0.15) is 4.98 Å². The largest absolute Gasteiger partial charge is 0.337 e. The fraction of sp³-hybridized carbons (Fsp3) is 0.263. The molecule has 5 rings (SSSR count). The maximum absolute atomic E-state index is 13.0. The first-order valence-corrected chi connectivity index (χ1v) is 9.61. The molecule has 0 spiro atoms. The van der Waals surface area contributed by atoms with E-state index in [1.807, 2.05) is 31.2 Å². The lowest BCUT2D eigenvalue weighted by molar-refractivity contribution is 0.369. The quantitative estimate of drug-likeness (QED) is 0.589. The molecule has 0 saturated carbocycles. The van der Waals surface area contributed by atoms with E-state index in [4.69, 9.17) is 4.52 Å². The number of fused-ring (bicyclic) bond motifs is 3. The third kappa shape index (κ3) is 2.87. The van der Waals surface area contributed by atoms with Crippen molar-refractivity contribution >= 4 is 21.6 Å². The molecule has 0 bridgehead atoms. The zero-order chi connectivity index (χ0) is 18.4. The van der Waals surface area contributed by atoms with Crippen LogP contribution in [-0.4, -0.2) is 26.2 Å². The molecular weight excluding hydrogens is 362 g/mol. The van der Waals surface area contributed by atoms with Crippen molar-refractivity contribution in [2.24, 2.45) is 0 Å². The minimum Gasteiger partial charge on any atom is -0.337 e. The zero-order valence-electron chi connectivity index (χ0n) is 14.7. The maximum Gasteiger partial charge on any atom is 0.262 e. The third-order valence-electron chi connectivity index (χ3n) is 4.75. The average molecular weight is 379 g/mol. The molecule has 1 N–H and O–H groups in total. The second kappa shape index (κ2) is 6.40. The van der Waals surface area contributed by atoms with Gasteiger partial charge in [-0.05, 0) is 31.5 Å². The Hall–Kier alpha value is -2.84. The Balaban J connectivity index is 1.50. The van der Waals surface area contributed by atoms with Crippen molar-refractivity contribution in [1.82, 2.24) is 25.0 Å². The fourth-order valence-corrected chi connectivity index (χ4v) is 4.58. The molecule has 7 nitrogen and oxygen atoms in total. The molecule has 27 heavy (non-hydrogen) atoms. The molecule has 8 heteroatoms. The van der Waals surface area contributed by atoms with Gasteiger partial charge >= 0.3 is 0 Å². The van der Waals surface area contributed by atoms with Crippen molar-refractivity contribution in [3.8, 4) is 11.4 Å². The summed E-state index contributed by atoms with van der Waals surface area (Å²) in [4.78, 5) is 23.9. The highest BCUT2D eigenvalue weighted by atomic mass is 32.1. The SMILES string of the molecule is Cc1cccc(-c2noc(Cn3cnc4sc5c(c4c3=O)CCNC5)n2)c1. The lowest BCUT2D eigenvalue weighted by atomic mass is 10.1. The Morgan fingerprint density at radius 2 is 2.30 bits per heavy atom. The van der Waals surface area contributed by atoms with Crippen LogP contribution in [0.25, 0.3) is 21.6 Å². The van der Waals surface area contributed by atoms with Crippen LogP contribution >= 0.6 is 11.3 Å². The highest BCUT2D eigenvalue weighted by molar-refractivity contribution is 7.18. The van der Waals surface area contributed by atoms with Gasteiger partial charge in [-0.3, -0.25) is 9.36 Å². The van der Waals surface area contributed by atoms with Gasteiger partial charge in [0.05, 0.1) is 11.7 Å². The van der Waals surface area contributed by atoms with Crippen molar-refractivity contribution in [1.29, 1.82) is 0 Å². The molecule has 4 heterocycles. The van der Waals surface area contributed by atoms with Crippen LogP contribution in [0, 0.1) is 6.92 Å². The first-order chi connectivity index (χ1) is 13.2. The standard InChI is InChI=1S/C19H17N5O2S/c1-11-3-2-4-12(7-11)17-22-15(26-23-17)9-24-10-21-18-16(19(24)25)13-5-6-20-8-14(13)27-18/h2-4,7,10,20H,5-6,8-9H2,1H3. The van der Waals surface area contributed by atoms with E-state index >= 15 is 0 Å². The van der Waals surface area contributed by atoms with E-state index in [1.54, 1.807) is 22.2 Å². The van der Waals surface area contributed by atoms with Crippen LogP contribution in [0.2, 0.25) is 0 Å². The van der Waals surface area contributed by atoms with E-state index in [9.17, 15) is 4.79 Å². The predicted octanol–water partition coefficient (Wildman–Crippen LogP) is 2.51. The van der Waals surface area contributed by atoms with Crippen LogP contribution in [0.5, 0.6) is 0 Å². The van der Waals surface area contributed by atoms with Gasteiger partial charge in [0.25, 0.3) is 5.56 Å². The van der Waals surface area contributed by atoms with Crippen molar-refractivity contribution < 1.29 is 4.52 Å². The zero-order valence-corrected chi connectivity index (χ0v) is 15.5. The van der Waals surface area contributed by atoms with Gasteiger partial charge in [0.2, 0.25) is 11.7 Å². The summed E-state index contributed by atoms with van der Waals surface area (Å²) in [5, 5.41) is 8.12. The van der Waals surface area contributed by atoms with E-state index in [1.165, 1.54) is 4.88 Å². The Morgan fingerprint density at radius 1 is 1.37 bits per heavy atom. The highest BCUT2D eigenvalue weighted by Gasteiger charge is 2.20. The van der Waals surface area contributed by atoms with Gasteiger partial charge < -0.3 is 9.84 Å². The van der Waals surface area contributed by atoms with E-state index in [0.29, 0.717) is 11.7 Å². The van der Waals surface area contributed by atoms with Crippen molar-refractivity contribution in [3.05, 3.63) is 62.8 Å². The van der Waals surface area contributed by atoms with Crippen molar-refractivity contribution in [2.45, 2.75) is 26.4 Å². The molecule has 1 aliphatic rings. The summed E-state index contributed by atoms with van der Waals surface area (Å²) in [6, 6.07) is 7.91. The molecule has 0 saturated heterocycles. The number of aryl methyl sites for hydroxylation is 1. The molecule has 136 valence electrons. The Kier molecular flexibility index (Phi) is 3.87. The van der Waals surface area contributed by atoms with Gasteiger partial charge in [0, 0.05) is 17.0 Å². The lowest BCUT2D eigenvalue weighted by Gasteiger charge is -2.12. The summed E-state index contributed by atoms with van der Waals surface area (Å²) in [5.41, 5.74) is 3.10. The lowest BCUT2D eigenvalue weighted by Crippen LogP contribution is -2.25. The number of nitrogens with one attached hydrogen (secondary N) is 1. The topological polar surface area (TPSA) is 85.8 Å². The van der Waals surface area contributed by atoms with E-state index in [0.717, 1.165) is 46.4 Å². The van der Waals surface area contributed by atoms with Gasteiger partial charge in [-0.15, -0.1) is 11.3 Å². The second-order valence-electron chi connectivity index (χ2n) is 6.67. The fourth-order valence-electron chi connectivity index (χ4n) is 3.43. The number of hydrogen-bond acceptors (Lipinski definition) is 7.